The number of benzene rings is 1. The van der Waals surface area contributed by atoms with Gasteiger partial charge in [-0.3, -0.25) is 9.69 Å². The highest BCUT2D eigenvalue weighted by Crippen LogP contribution is 2.29. The number of furan rings is 1. The third-order valence-corrected chi connectivity index (χ3v) is 4.50. The molecule has 1 N–H and O–H groups in total. The number of carbonyl (C=O) groups excluding carboxylic acids is 3. The lowest BCUT2D eigenvalue weighted by Gasteiger charge is -2.17. The molecule has 0 spiro atoms. The third-order valence-electron chi connectivity index (χ3n) is 3.93. The molecule has 2 heterocycles. The lowest BCUT2D eigenvalue weighted by atomic mass is 10.1. The average molecular weight is 362 g/mol. The summed E-state index contributed by atoms with van der Waals surface area (Å²) in [5, 5.41) is 3.39. The highest BCUT2D eigenvalue weighted by molar-refractivity contribution is 7.97. The molecule has 0 radical (unpaired) electrons. The van der Waals surface area contributed by atoms with Gasteiger partial charge in [-0.25, -0.2) is 9.59 Å². The van der Waals surface area contributed by atoms with E-state index in [4.69, 9.17) is 9.15 Å². The van der Waals surface area contributed by atoms with E-state index in [1.165, 1.54) is 6.92 Å². The highest BCUT2D eigenvalue weighted by Gasteiger charge is 2.33. The third kappa shape index (κ3) is 3.34. The molecule has 0 aliphatic carbocycles. The molecule has 7 nitrogen and oxygen atoms in total. The summed E-state index contributed by atoms with van der Waals surface area (Å²) < 4.78 is 10.9. The van der Waals surface area contributed by atoms with E-state index >= 15 is 0 Å². The van der Waals surface area contributed by atoms with E-state index in [2.05, 4.69) is 5.32 Å². The average Bonchev–Trinajstić information content (AvgIpc) is 3.18. The van der Waals surface area contributed by atoms with E-state index in [1.54, 1.807) is 17.8 Å². The molecule has 1 atom stereocenters. The number of amides is 3. The van der Waals surface area contributed by atoms with Crippen molar-refractivity contribution in [2.45, 2.75) is 18.8 Å². The smallest absolute Gasteiger partial charge is 0.375 e. The zero-order valence-electron chi connectivity index (χ0n) is 13.9. The first-order valence-corrected chi connectivity index (χ1v) is 9.22. The Kier molecular flexibility index (Phi) is 4.98. The van der Waals surface area contributed by atoms with Crippen molar-refractivity contribution in [3.05, 3.63) is 35.6 Å². The number of imide groups is 1. The quantitative estimate of drug-likeness (QED) is 0.822. The van der Waals surface area contributed by atoms with Gasteiger partial charge < -0.3 is 14.5 Å². The molecule has 0 unspecified atom stereocenters. The van der Waals surface area contributed by atoms with Crippen LogP contribution in [0.5, 0.6) is 0 Å². The molecule has 1 aliphatic heterocycles. The fourth-order valence-corrected chi connectivity index (χ4v) is 3.29. The Balaban J connectivity index is 1.81. The molecule has 1 fully saturated rings. The first kappa shape index (κ1) is 17.3. The monoisotopic (exact) mass is 362 g/mol. The fourth-order valence-electron chi connectivity index (χ4n) is 2.72. The van der Waals surface area contributed by atoms with Crippen molar-refractivity contribution >= 4 is 40.6 Å². The summed E-state index contributed by atoms with van der Waals surface area (Å²) in [7, 11) is 0. The number of nitrogens with one attached hydrogen (secondary N) is 1. The molecule has 8 heteroatoms. The van der Waals surface area contributed by atoms with E-state index in [0.717, 1.165) is 15.8 Å². The van der Waals surface area contributed by atoms with Crippen LogP contribution >= 0.6 is 11.8 Å². The number of hydrogen-bond donors (Lipinski definition) is 1. The Bertz CT molecular complexity index is 832. The Labute approximate surface area is 148 Å². The van der Waals surface area contributed by atoms with Gasteiger partial charge in [0.25, 0.3) is 5.91 Å². The molecular weight excluding hydrogens is 344 g/mol. The lowest BCUT2D eigenvalue weighted by molar-refractivity contribution is -0.136. The number of rotatable bonds is 5. The van der Waals surface area contributed by atoms with Crippen LogP contribution in [0.4, 0.5) is 4.79 Å². The molecule has 1 saturated heterocycles. The molecule has 3 rings (SSSR count). The van der Waals surface area contributed by atoms with Gasteiger partial charge in [-0.15, -0.1) is 0 Å². The second-order valence-corrected chi connectivity index (χ2v) is 6.47. The van der Waals surface area contributed by atoms with Crippen molar-refractivity contribution < 1.29 is 23.5 Å². The van der Waals surface area contributed by atoms with Crippen LogP contribution < -0.4 is 5.32 Å². The van der Waals surface area contributed by atoms with E-state index in [0.29, 0.717) is 17.9 Å². The summed E-state index contributed by atoms with van der Waals surface area (Å²) in [6, 6.07) is 6.88. The van der Waals surface area contributed by atoms with Crippen molar-refractivity contribution in [1.82, 2.24) is 10.2 Å². The van der Waals surface area contributed by atoms with Crippen LogP contribution in [-0.4, -0.2) is 48.3 Å². The van der Waals surface area contributed by atoms with Crippen LogP contribution in [0.15, 0.2) is 28.7 Å². The summed E-state index contributed by atoms with van der Waals surface area (Å²) in [5.74, 6) is -0.578. The summed E-state index contributed by atoms with van der Waals surface area (Å²) >= 11 is 1.56. The van der Waals surface area contributed by atoms with Crippen LogP contribution in [0.2, 0.25) is 0 Å². The number of nitrogens with zero attached hydrogens (tertiary/aromatic N) is 1. The minimum absolute atomic E-state index is 0.0982. The molecule has 1 aromatic heterocycles. The van der Waals surface area contributed by atoms with Crippen molar-refractivity contribution in [1.29, 1.82) is 0 Å². The van der Waals surface area contributed by atoms with Gasteiger partial charge in [0.05, 0.1) is 0 Å². The van der Waals surface area contributed by atoms with Crippen molar-refractivity contribution in [2.24, 2.45) is 0 Å². The Morgan fingerprint density at radius 1 is 1.40 bits per heavy atom. The molecule has 0 bridgehead atoms. The number of fused-ring (bicyclic) bond motifs is 1. The first-order valence-electron chi connectivity index (χ1n) is 7.82. The topological polar surface area (TPSA) is 88.9 Å². The van der Waals surface area contributed by atoms with Gasteiger partial charge in [0, 0.05) is 29.8 Å². The van der Waals surface area contributed by atoms with Crippen LogP contribution in [-0.2, 0) is 15.3 Å². The summed E-state index contributed by atoms with van der Waals surface area (Å²) in [4.78, 5) is 37.4. The fraction of sp³-hybridized carbons (Fsp3) is 0.353. The lowest BCUT2D eigenvalue weighted by Crippen LogP contribution is -2.41. The number of urea groups is 1. The largest absolute Gasteiger partial charge is 0.449 e. The molecular formula is C17H18N2O5S. The second kappa shape index (κ2) is 7.18. The maximum absolute atomic E-state index is 12.5. The molecule has 2 aromatic rings. The van der Waals surface area contributed by atoms with E-state index in [-0.39, 0.29) is 12.3 Å². The highest BCUT2D eigenvalue weighted by atomic mass is 32.2. The zero-order valence-corrected chi connectivity index (χ0v) is 14.7. The van der Waals surface area contributed by atoms with E-state index < -0.39 is 24.0 Å². The molecule has 1 aliphatic rings. The maximum Gasteiger partial charge on any atom is 0.375 e. The minimum Gasteiger partial charge on any atom is -0.449 e. The predicted octanol–water partition coefficient (Wildman–Crippen LogP) is 2.39. The number of carbonyl (C=O) groups is 3. The van der Waals surface area contributed by atoms with E-state index in [1.807, 2.05) is 24.5 Å². The predicted molar refractivity (Wildman–Crippen MR) is 93.4 cm³/mol. The van der Waals surface area contributed by atoms with Crippen molar-refractivity contribution in [2.75, 3.05) is 19.3 Å². The van der Waals surface area contributed by atoms with Gasteiger partial charge in [-0.2, -0.15) is 11.8 Å². The standard InChI is InChI=1S/C17H18N2O5S/c1-10(15(20)19-8-7-18-17(19)22)23-16(21)14-12(9-25-2)11-5-3-4-6-13(11)24-14/h3-6,10H,7-9H2,1-2H3,(H,18,22)/t10-/m1/s1. The SMILES string of the molecule is CSCc1c(C(=O)O[C@H](C)C(=O)N2CCNC2=O)oc2ccccc12. The summed E-state index contributed by atoms with van der Waals surface area (Å²) in [6.45, 7) is 2.11. The summed E-state index contributed by atoms with van der Waals surface area (Å²) in [6.07, 6.45) is 0.848. The Hall–Kier alpha value is -2.48. The van der Waals surface area contributed by atoms with Gasteiger partial charge in [-0.1, -0.05) is 18.2 Å². The number of esters is 1. The zero-order chi connectivity index (χ0) is 18.0. The van der Waals surface area contributed by atoms with Crippen LogP contribution in [0, 0.1) is 0 Å². The van der Waals surface area contributed by atoms with Crippen molar-refractivity contribution in [3.63, 3.8) is 0 Å². The van der Waals surface area contributed by atoms with E-state index in [9.17, 15) is 14.4 Å². The number of para-hydroxylation sites is 1. The number of hydrogen-bond acceptors (Lipinski definition) is 6. The first-order chi connectivity index (χ1) is 12.0. The number of thioether (sulfide) groups is 1. The summed E-state index contributed by atoms with van der Waals surface area (Å²) in [5.41, 5.74) is 1.34. The van der Waals surface area contributed by atoms with Gasteiger partial charge in [0.2, 0.25) is 5.76 Å². The minimum atomic E-state index is -1.08. The molecule has 3 amide bonds. The van der Waals surface area contributed by atoms with Gasteiger partial charge in [-0.05, 0) is 19.2 Å². The van der Waals surface area contributed by atoms with Gasteiger partial charge in [0.1, 0.15) is 5.58 Å². The normalized spacial score (nSPS) is 15.3. The molecule has 1 aromatic carbocycles. The molecule has 0 saturated carbocycles. The Morgan fingerprint density at radius 2 is 2.16 bits per heavy atom. The number of ether oxygens (including phenoxy) is 1. The van der Waals surface area contributed by atoms with Gasteiger partial charge >= 0.3 is 12.0 Å². The maximum atomic E-state index is 12.5. The second-order valence-electron chi connectivity index (χ2n) is 5.61. The van der Waals surface area contributed by atoms with Crippen LogP contribution in [0.1, 0.15) is 23.0 Å². The van der Waals surface area contributed by atoms with Crippen molar-refractivity contribution in [3.8, 4) is 0 Å². The molecule has 25 heavy (non-hydrogen) atoms. The van der Waals surface area contributed by atoms with Gasteiger partial charge in [0.15, 0.2) is 6.10 Å². The Morgan fingerprint density at radius 3 is 2.84 bits per heavy atom. The van der Waals surface area contributed by atoms with Crippen LogP contribution in [0.3, 0.4) is 0 Å². The van der Waals surface area contributed by atoms with Crippen LogP contribution in [0.25, 0.3) is 11.0 Å². The molecule has 132 valence electrons.